The lowest BCUT2D eigenvalue weighted by molar-refractivity contribution is -0.125. The molecule has 0 aromatic carbocycles. The van der Waals surface area contributed by atoms with Gasteiger partial charge in [0.1, 0.15) is 5.56 Å². The second-order valence-corrected chi connectivity index (χ2v) is 7.60. The number of pyridine rings is 1. The summed E-state index contributed by atoms with van der Waals surface area (Å²) in [6.45, 7) is 4.73. The smallest absolute Gasteiger partial charge is 0.261 e. The molecule has 0 unspecified atom stereocenters. The van der Waals surface area contributed by atoms with E-state index in [0.29, 0.717) is 24.2 Å². The van der Waals surface area contributed by atoms with E-state index in [1.54, 1.807) is 32.4 Å². The molecule has 4 N–H and O–H groups in total. The van der Waals surface area contributed by atoms with Gasteiger partial charge >= 0.3 is 0 Å². The molecule has 9 nitrogen and oxygen atoms in total. The van der Waals surface area contributed by atoms with Gasteiger partial charge in [-0.2, -0.15) is 0 Å². The monoisotopic (exact) mass is 401 g/mol. The molecule has 1 aliphatic rings. The van der Waals surface area contributed by atoms with E-state index in [-0.39, 0.29) is 23.8 Å². The van der Waals surface area contributed by atoms with Crippen LogP contribution in [-0.2, 0) is 11.3 Å². The van der Waals surface area contributed by atoms with E-state index in [0.717, 1.165) is 13.0 Å². The number of nitrogens with one attached hydrogen (secondary N) is 3. The zero-order chi connectivity index (χ0) is 21.0. The highest BCUT2D eigenvalue weighted by molar-refractivity contribution is 5.95. The Labute approximate surface area is 168 Å². The SMILES string of the molecule is Cc1cc(C)c(C(=O)N[C@@H]2C[C@H](C(=O)NCCCn3ccnc3)C[C@H]2O)c(=O)[nH]1. The zero-order valence-corrected chi connectivity index (χ0v) is 16.6. The Bertz CT molecular complexity index is 921. The van der Waals surface area contributed by atoms with Crippen LogP contribution in [0.2, 0.25) is 0 Å². The fraction of sp³-hybridized carbons (Fsp3) is 0.500. The maximum atomic E-state index is 12.5. The number of hydrogen-bond donors (Lipinski definition) is 4. The minimum absolute atomic E-state index is 0.0372. The summed E-state index contributed by atoms with van der Waals surface area (Å²) in [5.74, 6) is -1.04. The van der Waals surface area contributed by atoms with E-state index in [1.807, 2.05) is 10.8 Å². The molecular weight excluding hydrogens is 374 g/mol. The molecule has 2 aromatic heterocycles. The highest BCUT2D eigenvalue weighted by Gasteiger charge is 2.38. The molecular formula is C20H27N5O4. The number of aromatic amines is 1. The van der Waals surface area contributed by atoms with Crippen LogP contribution in [0.4, 0.5) is 0 Å². The van der Waals surface area contributed by atoms with Gasteiger partial charge in [-0.25, -0.2) is 4.98 Å². The van der Waals surface area contributed by atoms with Crippen LogP contribution in [0.5, 0.6) is 0 Å². The van der Waals surface area contributed by atoms with Gasteiger partial charge in [-0.3, -0.25) is 14.4 Å². The van der Waals surface area contributed by atoms with E-state index in [1.165, 1.54) is 0 Å². The summed E-state index contributed by atoms with van der Waals surface area (Å²) in [6.07, 6.45) is 5.86. The summed E-state index contributed by atoms with van der Waals surface area (Å²) < 4.78 is 1.94. The van der Waals surface area contributed by atoms with Crippen molar-refractivity contribution >= 4 is 11.8 Å². The fourth-order valence-corrected chi connectivity index (χ4v) is 3.80. The third-order valence-corrected chi connectivity index (χ3v) is 5.26. The lowest BCUT2D eigenvalue weighted by Gasteiger charge is -2.17. The van der Waals surface area contributed by atoms with Crippen LogP contribution < -0.4 is 16.2 Å². The topological polar surface area (TPSA) is 129 Å². The van der Waals surface area contributed by atoms with Crippen molar-refractivity contribution in [2.75, 3.05) is 6.54 Å². The summed E-state index contributed by atoms with van der Waals surface area (Å²) >= 11 is 0. The summed E-state index contributed by atoms with van der Waals surface area (Å²) in [5.41, 5.74) is 0.827. The molecule has 2 heterocycles. The van der Waals surface area contributed by atoms with Crippen molar-refractivity contribution in [1.82, 2.24) is 25.2 Å². The fourth-order valence-electron chi connectivity index (χ4n) is 3.80. The molecule has 0 bridgehead atoms. The van der Waals surface area contributed by atoms with E-state index in [9.17, 15) is 19.5 Å². The number of carbonyl (C=O) groups excluding carboxylic acids is 2. The van der Waals surface area contributed by atoms with Crippen LogP contribution in [0, 0.1) is 19.8 Å². The van der Waals surface area contributed by atoms with Crippen LogP contribution >= 0.6 is 0 Å². The molecule has 1 saturated carbocycles. The maximum absolute atomic E-state index is 12.5. The number of H-pyrrole nitrogens is 1. The number of carbonyl (C=O) groups is 2. The van der Waals surface area contributed by atoms with Gasteiger partial charge in [0.25, 0.3) is 11.5 Å². The largest absolute Gasteiger partial charge is 0.391 e. The van der Waals surface area contributed by atoms with Gasteiger partial charge in [0.15, 0.2) is 0 Å². The molecule has 29 heavy (non-hydrogen) atoms. The third-order valence-electron chi connectivity index (χ3n) is 5.26. The van der Waals surface area contributed by atoms with Crippen LogP contribution in [-0.4, -0.2) is 50.1 Å². The summed E-state index contributed by atoms with van der Waals surface area (Å²) in [7, 11) is 0. The molecule has 1 aliphatic carbocycles. The van der Waals surface area contributed by atoms with Gasteiger partial charge in [0.2, 0.25) is 5.91 Å². The third kappa shape index (κ3) is 5.11. The van der Waals surface area contributed by atoms with Gasteiger partial charge in [-0.05, 0) is 44.7 Å². The van der Waals surface area contributed by atoms with Crippen LogP contribution in [0.25, 0.3) is 0 Å². The second kappa shape index (κ2) is 9.04. The minimum Gasteiger partial charge on any atom is -0.391 e. The molecule has 156 valence electrons. The number of hydrogen-bond acceptors (Lipinski definition) is 5. The van der Waals surface area contributed by atoms with Gasteiger partial charge in [-0.15, -0.1) is 0 Å². The lowest BCUT2D eigenvalue weighted by atomic mass is 10.1. The molecule has 3 rings (SSSR count). The van der Waals surface area contributed by atoms with E-state index in [4.69, 9.17) is 0 Å². The van der Waals surface area contributed by atoms with Gasteiger partial charge in [0.05, 0.1) is 18.5 Å². The standard InChI is InChI=1S/C20H27N5O4/c1-12-8-13(2)23-19(28)17(12)20(29)24-15-9-14(10-16(15)26)18(27)22-4-3-6-25-7-5-21-11-25/h5,7-8,11,14-16,26H,3-4,6,9-10H2,1-2H3,(H,22,27)(H,23,28)(H,24,29)/t14-,15+,16+/m0/s1. The number of nitrogens with zero attached hydrogens (tertiary/aromatic N) is 2. The van der Waals surface area contributed by atoms with Gasteiger partial charge < -0.3 is 25.3 Å². The number of amides is 2. The number of aliphatic hydroxyl groups excluding tert-OH is 1. The van der Waals surface area contributed by atoms with Crippen molar-refractivity contribution in [3.63, 3.8) is 0 Å². The number of aryl methyl sites for hydroxylation is 3. The summed E-state index contributed by atoms with van der Waals surface area (Å²) in [6, 6.07) is 1.16. The molecule has 0 saturated heterocycles. The Morgan fingerprint density at radius 1 is 1.34 bits per heavy atom. The van der Waals surface area contributed by atoms with E-state index in [2.05, 4.69) is 20.6 Å². The Morgan fingerprint density at radius 2 is 2.14 bits per heavy atom. The first-order chi connectivity index (χ1) is 13.8. The molecule has 2 amide bonds. The first-order valence-electron chi connectivity index (χ1n) is 9.78. The maximum Gasteiger partial charge on any atom is 0.261 e. The molecule has 0 radical (unpaired) electrons. The van der Waals surface area contributed by atoms with Crippen molar-refractivity contribution in [3.8, 4) is 0 Å². The number of aromatic nitrogens is 3. The Kier molecular flexibility index (Phi) is 6.48. The average Bonchev–Trinajstić information content (AvgIpc) is 3.28. The first kappa shape index (κ1) is 20.8. The average molecular weight is 401 g/mol. The zero-order valence-electron chi connectivity index (χ0n) is 16.6. The highest BCUT2D eigenvalue weighted by atomic mass is 16.3. The lowest BCUT2D eigenvalue weighted by Crippen LogP contribution is -2.42. The predicted molar refractivity (Wildman–Crippen MR) is 106 cm³/mol. The van der Waals surface area contributed by atoms with E-state index < -0.39 is 23.6 Å². The van der Waals surface area contributed by atoms with E-state index >= 15 is 0 Å². The summed E-state index contributed by atoms with van der Waals surface area (Å²) in [5, 5.41) is 15.9. The molecule has 2 aromatic rings. The Hall–Kier alpha value is -2.94. The van der Waals surface area contributed by atoms with Crippen LogP contribution in [0.3, 0.4) is 0 Å². The molecule has 1 fully saturated rings. The molecule has 9 heteroatoms. The van der Waals surface area contributed by atoms with Crippen molar-refractivity contribution < 1.29 is 14.7 Å². The van der Waals surface area contributed by atoms with Crippen molar-refractivity contribution in [3.05, 3.63) is 52.0 Å². The minimum atomic E-state index is -0.828. The molecule has 3 atom stereocenters. The predicted octanol–water partition coefficient (Wildman–Crippen LogP) is 0.264. The number of aliphatic hydroxyl groups is 1. The van der Waals surface area contributed by atoms with Crippen LogP contribution in [0.15, 0.2) is 29.6 Å². The summed E-state index contributed by atoms with van der Waals surface area (Å²) in [4.78, 5) is 43.6. The Morgan fingerprint density at radius 3 is 2.83 bits per heavy atom. The van der Waals surface area contributed by atoms with Crippen molar-refractivity contribution in [2.45, 2.75) is 51.8 Å². The van der Waals surface area contributed by atoms with Crippen molar-refractivity contribution in [1.29, 1.82) is 0 Å². The van der Waals surface area contributed by atoms with Gasteiger partial charge in [-0.1, -0.05) is 0 Å². The normalized spacial score (nSPS) is 21.1. The number of rotatable bonds is 7. The van der Waals surface area contributed by atoms with Crippen molar-refractivity contribution in [2.24, 2.45) is 5.92 Å². The number of imidazole rings is 1. The molecule has 0 spiro atoms. The second-order valence-electron chi connectivity index (χ2n) is 7.60. The first-order valence-corrected chi connectivity index (χ1v) is 9.78. The quantitative estimate of drug-likeness (QED) is 0.495. The highest BCUT2D eigenvalue weighted by Crippen LogP contribution is 2.26. The van der Waals surface area contributed by atoms with Gasteiger partial charge in [0, 0.05) is 37.1 Å². The molecule has 0 aliphatic heterocycles. The van der Waals surface area contributed by atoms with Crippen LogP contribution in [0.1, 0.15) is 40.9 Å². The Balaban J connectivity index is 1.50.